The first-order valence-corrected chi connectivity index (χ1v) is 11.3. The number of hydrazone groups is 1. The summed E-state index contributed by atoms with van der Waals surface area (Å²) in [5.41, 5.74) is 4.01. The van der Waals surface area contributed by atoms with E-state index in [-0.39, 0.29) is 23.3 Å². The molecular weight excluding hydrogens is 486 g/mol. The Morgan fingerprint density at radius 3 is 2.39 bits per heavy atom. The standard InChI is InChI=1S/C26H26ClN3O6/c1-4-35-22-14-18(10-11-21(22)33-2)26(32)30-28-15-17-12-20(27)25(23(13-17)34-3)36-16-24(31)29-19-8-6-5-7-9-19/h5-15H,4,16H2,1-3H3,(H,29,31)(H,30,32)/b28-15+. The van der Waals surface area contributed by atoms with Gasteiger partial charge in [-0.2, -0.15) is 5.10 Å². The average molecular weight is 512 g/mol. The number of nitrogens with one attached hydrogen (secondary N) is 2. The van der Waals surface area contributed by atoms with Crippen LogP contribution in [0.15, 0.2) is 65.8 Å². The molecule has 3 aromatic rings. The number of benzene rings is 3. The van der Waals surface area contributed by atoms with Crippen LogP contribution in [0.5, 0.6) is 23.0 Å². The van der Waals surface area contributed by atoms with Crippen LogP contribution in [0.4, 0.5) is 5.69 Å². The van der Waals surface area contributed by atoms with E-state index in [0.717, 1.165) is 0 Å². The number of hydrogen-bond acceptors (Lipinski definition) is 7. The zero-order chi connectivity index (χ0) is 25.9. The highest BCUT2D eigenvalue weighted by Crippen LogP contribution is 2.36. The van der Waals surface area contributed by atoms with Crippen molar-refractivity contribution < 1.29 is 28.5 Å². The first-order chi connectivity index (χ1) is 17.4. The number of halogens is 1. The molecule has 0 aromatic heterocycles. The summed E-state index contributed by atoms with van der Waals surface area (Å²) in [4.78, 5) is 24.7. The van der Waals surface area contributed by atoms with Gasteiger partial charge in [-0.05, 0) is 55.0 Å². The third kappa shape index (κ3) is 7.13. The number of anilines is 1. The minimum atomic E-state index is -0.433. The second kappa shape index (κ2) is 13.0. The lowest BCUT2D eigenvalue weighted by atomic mass is 10.2. The van der Waals surface area contributed by atoms with Gasteiger partial charge in [-0.1, -0.05) is 29.8 Å². The number of carbonyl (C=O) groups excluding carboxylic acids is 2. The summed E-state index contributed by atoms with van der Waals surface area (Å²) in [5.74, 6) is 0.722. The van der Waals surface area contributed by atoms with E-state index in [1.807, 2.05) is 25.1 Å². The lowest BCUT2D eigenvalue weighted by Gasteiger charge is -2.13. The third-order valence-electron chi connectivity index (χ3n) is 4.76. The Labute approximate surface area is 214 Å². The fraction of sp³-hybridized carbons (Fsp3) is 0.192. The molecule has 9 nitrogen and oxygen atoms in total. The van der Waals surface area contributed by atoms with E-state index in [9.17, 15) is 9.59 Å². The Hall–Kier alpha value is -4.24. The van der Waals surface area contributed by atoms with Gasteiger partial charge in [0.05, 0.1) is 32.1 Å². The van der Waals surface area contributed by atoms with Crippen molar-refractivity contribution in [3.63, 3.8) is 0 Å². The molecule has 2 amide bonds. The lowest BCUT2D eigenvalue weighted by Crippen LogP contribution is -2.20. The molecule has 0 bridgehead atoms. The van der Waals surface area contributed by atoms with Gasteiger partial charge in [0.2, 0.25) is 0 Å². The highest BCUT2D eigenvalue weighted by Gasteiger charge is 2.14. The van der Waals surface area contributed by atoms with E-state index >= 15 is 0 Å². The highest BCUT2D eigenvalue weighted by molar-refractivity contribution is 6.32. The fourth-order valence-electron chi connectivity index (χ4n) is 3.13. The van der Waals surface area contributed by atoms with Gasteiger partial charge in [0.1, 0.15) is 0 Å². The van der Waals surface area contributed by atoms with Crippen molar-refractivity contribution in [2.45, 2.75) is 6.92 Å². The van der Waals surface area contributed by atoms with E-state index in [4.69, 9.17) is 30.5 Å². The molecule has 0 aliphatic carbocycles. The summed E-state index contributed by atoms with van der Waals surface area (Å²) >= 11 is 6.36. The van der Waals surface area contributed by atoms with E-state index in [1.54, 1.807) is 42.5 Å². The first kappa shape index (κ1) is 26.4. The van der Waals surface area contributed by atoms with E-state index in [2.05, 4.69) is 15.8 Å². The monoisotopic (exact) mass is 511 g/mol. The molecule has 0 aliphatic heterocycles. The second-order valence-corrected chi connectivity index (χ2v) is 7.64. The predicted molar refractivity (Wildman–Crippen MR) is 138 cm³/mol. The van der Waals surface area contributed by atoms with Crippen molar-refractivity contribution in [3.8, 4) is 23.0 Å². The highest BCUT2D eigenvalue weighted by atomic mass is 35.5. The molecule has 0 spiro atoms. The number of para-hydroxylation sites is 1. The minimum Gasteiger partial charge on any atom is -0.493 e. The molecule has 0 saturated heterocycles. The molecule has 0 atom stereocenters. The maximum Gasteiger partial charge on any atom is 0.271 e. The van der Waals surface area contributed by atoms with Gasteiger partial charge in [-0.25, -0.2) is 5.43 Å². The van der Waals surface area contributed by atoms with Crippen LogP contribution in [0.2, 0.25) is 5.02 Å². The summed E-state index contributed by atoms with van der Waals surface area (Å²) in [6, 6.07) is 17.0. The molecule has 188 valence electrons. The number of ether oxygens (including phenoxy) is 4. The lowest BCUT2D eigenvalue weighted by molar-refractivity contribution is -0.118. The van der Waals surface area contributed by atoms with Crippen LogP contribution in [-0.2, 0) is 4.79 Å². The molecular formula is C26H26ClN3O6. The number of carbonyl (C=O) groups is 2. The number of hydrogen-bond donors (Lipinski definition) is 2. The Balaban J connectivity index is 1.64. The van der Waals surface area contributed by atoms with E-state index in [0.29, 0.717) is 40.7 Å². The van der Waals surface area contributed by atoms with Crippen molar-refractivity contribution in [2.75, 3.05) is 32.8 Å². The maximum atomic E-state index is 12.5. The number of methoxy groups -OCH3 is 2. The molecule has 0 radical (unpaired) electrons. The molecule has 0 heterocycles. The number of nitrogens with zero attached hydrogens (tertiary/aromatic N) is 1. The summed E-state index contributed by atoms with van der Waals surface area (Å²) in [5, 5.41) is 6.93. The SMILES string of the molecule is CCOc1cc(C(=O)N/N=C/c2cc(Cl)c(OCC(=O)Nc3ccccc3)c(OC)c2)ccc1OC. The van der Waals surface area contributed by atoms with Crippen LogP contribution in [0.25, 0.3) is 0 Å². The second-order valence-electron chi connectivity index (χ2n) is 7.23. The van der Waals surface area contributed by atoms with Crippen LogP contribution >= 0.6 is 11.6 Å². The fourth-order valence-corrected chi connectivity index (χ4v) is 3.40. The molecule has 0 aliphatic rings. The largest absolute Gasteiger partial charge is 0.493 e. The Kier molecular flexibility index (Phi) is 9.53. The summed E-state index contributed by atoms with van der Waals surface area (Å²) in [6.45, 7) is 2.01. The van der Waals surface area contributed by atoms with Crippen molar-refractivity contribution in [2.24, 2.45) is 5.10 Å². The zero-order valence-electron chi connectivity index (χ0n) is 20.0. The van der Waals surface area contributed by atoms with Crippen LogP contribution in [0.1, 0.15) is 22.8 Å². The van der Waals surface area contributed by atoms with Crippen LogP contribution in [0.3, 0.4) is 0 Å². The van der Waals surface area contributed by atoms with Gasteiger partial charge in [0, 0.05) is 11.3 Å². The Morgan fingerprint density at radius 1 is 0.944 bits per heavy atom. The normalized spacial score (nSPS) is 10.6. The van der Waals surface area contributed by atoms with Crippen molar-refractivity contribution in [1.29, 1.82) is 0 Å². The molecule has 0 fully saturated rings. The number of amides is 2. The molecule has 0 saturated carbocycles. The molecule has 10 heteroatoms. The van der Waals surface area contributed by atoms with Gasteiger partial charge < -0.3 is 24.3 Å². The molecule has 0 unspecified atom stereocenters. The van der Waals surface area contributed by atoms with Gasteiger partial charge >= 0.3 is 0 Å². The van der Waals surface area contributed by atoms with Gasteiger partial charge in [-0.3, -0.25) is 9.59 Å². The van der Waals surface area contributed by atoms with Crippen molar-refractivity contribution >= 4 is 35.3 Å². The summed E-state index contributed by atoms with van der Waals surface area (Å²) < 4.78 is 21.7. The van der Waals surface area contributed by atoms with Crippen molar-refractivity contribution in [1.82, 2.24) is 5.43 Å². The van der Waals surface area contributed by atoms with Gasteiger partial charge in [0.15, 0.2) is 29.6 Å². The zero-order valence-corrected chi connectivity index (χ0v) is 20.8. The summed E-state index contributed by atoms with van der Waals surface area (Å²) in [6.07, 6.45) is 1.41. The maximum absolute atomic E-state index is 12.5. The molecule has 36 heavy (non-hydrogen) atoms. The van der Waals surface area contributed by atoms with E-state index in [1.165, 1.54) is 20.4 Å². The number of rotatable bonds is 11. The molecule has 2 N–H and O–H groups in total. The first-order valence-electron chi connectivity index (χ1n) is 10.9. The van der Waals surface area contributed by atoms with E-state index < -0.39 is 5.91 Å². The average Bonchev–Trinajstić information content (AvgIpc) is 2.88. The third-order valence-corrected chi connectivity index (χ3v) is 5.04. The van der Waals surface area contributed by atoms with Gasteiger partial charge in [-0.15, -0.1) is 0 Å². The predicted octanol–water partition coefficient (Wildman–Crippen LogP) is 4.54. The topological polar surface area (TPSA) is 107 Å². The van der Waals surface area contributed by atoms with Crippen LogP contribution in [0, 0.1) is 0 Å². The van der Waals surface area contributed by atoms with Crippen LogP contribution in [-0.4, -0.2) is 45.5 Å². The summed E-state index contributed by atoms with van der Waals surface area (Å²) in [7, 11) is 2.97. The molecule has 3 rings (SSSR count). The van der Waals surface area contributed by atoms with Gasteiger partial charge in [0.25, 0.3) is 11.8 Å². The smallest absolute Gasteiger partial charge is 0.271 e. The molecule has 3 aromatic carbocycles. The van der Waals surface area contributed by atoms with Crippen molar-refractivity contribution in [3.05, 3.63) is 76.8 Å². The minimum absolute atomic E-state index is 0.213. The Morgan fingerprint density at radius 2 is 1.69 bits per heavy atom. The van der Waals surface area contributed by atoms with Crippen LogP contribution < -0.4 is 29.7 Å². The quantitative estimate of drug-likeness (QED) is 0.289. The Bertz CT molecular complexity index is 1230.